The molecule has 1 nitrogen and oxygen atoms in total. The van der Waals surface area contributed by atoms with Gasteiger partial charge in [-0.2, -0.15) is 0 Å². The summed E-state index contributed by atoms with van der Waals surface area (Å²) in [5, 5.41) is 6.95. The van der Waals surface area contributed by atoms with Gasteiger partial charge in [0, 0.05) is 14.4 Å². The molecule has 1 heterocycles. The molecule has 1 atom stereocenters. The van der Waals surface area contributed by atoms with Crippen molar-refractivity contribution in [3.05, 3.63) is 54.6 Å². The van der Waals surface area contributed by atoms with E-state index in [0.717, 1.165) is 31.5 Å². The quantitative estimate of drug-likeness (QED) is 0.753. The molecule has 1 aromatic heterocycles. The van der Waals surface area contributed by atoms with E-state index in [1.165, 1.54) is 0 Å². The fourth-order valence-electron chi connectivity index (χ4n) is 1.80. The number of halogens is 3. The summed E-state index contributed by atoms with van der Waals surface area (Å²) < 4.78 is 1.01. The largest absolute Gasteiger partial charge is 0.306 e. The van der Waals surface area contributed by atoms with Crippen LogP contribution in [0.1, 0.15) is 23.4 Å². The third-order valence-electron chi connectivity index (χ3n) is 2.58. The minimum Gasteiger partial charge on any atom is -0.306 e. The summed E-state index contributed by atoms with van der Waals surface area (Å²) in [6.45, 7) is 2.92. The van der Waals surface area contributed by atoms with E-state index in [9.17, 15) is 0 Å². The molecule has 96 valence electrons. The van der Waals surface area contributed by atoms with Crippen molar-refractivity contribution < 1.29 is 0 Å². The molecule has 0 saturated heterocycles. The number of hydrogen-bond donors (Lipinski definition) is 1. The summed E-state index contributed by atoms with van der Waals surface area (Å²) in [6, 6.07) is 7.81. The number of benzene rings is 1. The van der Waals surface area contributed by atoms with Crippen molar-refractivity contribution in [2.24, 2.45) is 0 Å². The van der Waals surface area contributed by atoms with Gasteiger partial charge in [0.2, 0.25) is 0 Å². The molecular formula is C13H12BrCl2NS. The monoisotopic (exact) mass is 363 g/mol. The highest BCUT2D eigenvalue weighted by molar-refractivity contribution is 9.10. The van der Waals surface area contributed by atoms with Gasteiger partial charge in [-0.05, 0) is 41.8 Å². The maximum atomic E-state index is 6.30. The van der Waals surface area contributed by atoms with Crippen LogP contribution in [0.25, 0.3) is 0 Å². The summed E-state index contributed by atoms with van der Waals surface area (Å²) in [5.74, 6) is 0. The number of nitrogens with one attached hydrogen (secondary N) is 1. The Morgan fingerprint density at radius 3 is 2.67 bits per heavy atom. The lowest BCUT2D eigenvalue weighted by atomic mass is 10.1. The van der Waals surface area contributed by atoms with E-state index in [1.807, 2.05) is 29.6 Å². The predicted molar refractivity (Wildman–Crippen MR) is 84.0 cm³/mol. The second-order valence-corrected chi connectivity index (χ2v) is 6.47. The van der Waals surface area contributed by atoms with E-state index in [2.05, 4.69) is 28.2 Å². The summed E-state index contributed by atoms with van der Waals surface area (Å²) in [4.78, 5) is 1.10. The maximum absolute atomic E-state index is 6.30. The second-order valence-electron chi connectivity index (χ2n) is 3.79. The van der Waals surface area contributed by atoms with Gasteiger partial charge < -0.3 is 5.32 Å². The van der Waals surface area contributed by atoms with Gasteiger partial charge in [0.15, 0.2) is 0 Å². The summed E-state index contributed by atoms with van der Waals surface area (Å²) in [6.07, 6.45) is 0. The SMILES string of the molecule is CCNC(c1cc(Br)ccc1Cl)c1sccc1Cl. The standard InChI is InChI=1S/C13H12BrCl2NS/c1-2-17-12(13-11(16)5-6-18-13)9-7-8(14)3-4-10(9)15/h3-7,12,17H,2H2,1H3. The molecule has 0 bridgehead atoms. The predicted octanol–water partition coefficient (Wildman–Crippen LogP) is 5.52. The van der Waals surface area contributed by atoms with E-state index >= 15 is 0 Å². The molecular weight excluding hydrogens is 353 g/mol. The second kappa shape index (κ2) is 6.40. The molecule has 0 spiro atoms. The van der Waals surface area contributed by atoms with E-state index in [1.54, 1.807) is 11.3 Å². The minimum absolute atomic E-state index is 0.0347. The van der Waals surface area contributed by atoms with Crippen LogP contribution in [0.4, 0.5) is 0 Å². The van der Waals surface area contributed by atoms with Crippen LogP contribution in [-0.4, -0.2) is 6.54 Å². The van der Waals surface area contributed by atoms with Gasteiger partial charge >= 0.3 is 0 Å². The Bertz CT molecular complexity index is 542. The lowest BCUT2D eigenvalue weighted by molar-refractivity contribution is 0.640. The Kier molecular flexibility index (Phi) is 5.10. The molecule has 5 heteroatoms. The molecule has 1 aromatic carbocycles. The van der Waals surface area contributed by atoms with Gasteiger partial charge in [0.1, 0.15) is 0 Å². The van der Waals surface area contributed by atoms with Gasteiger partial charge in [-0.3, -0.25) is 0 Å². The Balaban J connectivity index is 2.48. The maximum Gasteiger partial charge on any atom is 0.0701 e. The molecule has 2 aromatic rings. The first-order valence-electron chi connectivity index (χ1n) is 5.54. The fourth-order valence-corrected chi connectivity index (χ4v) is 3.66. The molecule has 0 aliphatic carbocycles. The zero-order valence-corrected chi connectivity index (χ0v) is 13.6. The summed E-state index contributed by atoms with van der Waals surface area (Å²) in [7, 11) is 0. The van der Waals surface area contributed by atoms with Crippen molar-refractivity contribution in [3.63, 3.8) is 0 Å². The van der Waals surface area contributed by atoms with E-state index < -0.39 is 0 Å². The van der Waals surface area contributed by atoms with Gasteiger partial charge in [0.05, 0.1) is 11.1 Å². The molecule has 1 N–H and O–H groups in total. The van der Waals surface area contributed by atoms with Crippen molar-refractivity contribution >= 4 is 50.5 Å². The van der Waals surface area contributed by atoms with Crippen molar-refractivity contribution in [2.75, 3.05) is 6.54 Å². The van der Waals surface area contributed by atoms with Crippen LogP contribution in [0, 0.1) is 0 Å². The van der Waals surface area contributed by atoms with E-state index in [-0.39, 0.29) is 6.04 Å². The average molecular weight is 365 g/mol. The van der Waals surface area contributed by atoms with Crippen molar-refractivity contribution in [1.82, 2.24) is 5.32 Å². The molecule has 0 aliphatic rings. The topological polar surface area (TPSA) is 12.0 Å². The average Bonchev–Trinajstić information content (AvgIpc) is 2.76. The Morgan fingerprint density at radius 1 is 1.28 bits per heavy atom. The van der Waals surface area contributed by atoms with Crippen LogP contribution in [0.5, 0.6) is 0 Å². The van der Waals surface area contributed by atoms with Crippen LogP contribution in [0.3, 0.4) is 0 Å². The van der Waals surface area contributed by atoms with Gasteiger partial charge in [0.25, 0.3) is 0 Å². The minimum atomic E-state index is 0.0347. The molecule has 2 rings (SSSR count). The molecule has 0 aliphatic heterocycles. The van der Waals surface area contributed by atoms with Gasteiger partial charge in [-0.25, -0.2) is 0 Å². The van der Waals surface area contributed by atoms with Crippen LogP contribution < -0.4 is 5.32 Å². The summed E-state index contributed by atoms with van der Waals surface area (Å²) in [5.41, 5.74) is 1.04. The van der Waals surface area contributed by atoms with E-state index in [4.69, 9.17) is 23.2 Å². The summed E-state index contributed by atoms with van der Waals surface area (Å²) >= 11 is 17.6. The third kappa shape index (κ3) is 3.09. The smallest absolute Gasteiger partial charge is 0.0701 e. The molecule has 18 heavy (non-hydrogen) atoms. The van der Waals surface area contributed by atoms with Crippen molar-refractivity contribution in [3.8, 4) is 0 Å². The van der Waals surface area contributed by atoms with Crippen LogP contribution in [0.2, 0.25) is 10.0 Å². The molecule has 0 radical (unpaired) electrons. The Hall–Kier alpha value is -0.0600. The number of hydrogen-bond acceptors (Lipinski definition) is 2. The zero-order valence-electron chi connectivity index (χ0n) is 9.71. The Labute approximate surface area is 129 Å². The third-order valence-corrected chi connectivity index (χ3v) is 4.85. The van der Waals surface area contributed by atoms with Crippen LogP contribution >= 0.6 is 50.5 Å². The molecule has 0 amide bonds. The first-order valence-corrected chi connectivity index (χ1v) is 7.97. The normalized spacial score (nSPS) is 12.7. The van der Waals surface area contributed by atoms with Crippen molar-refractivity contribution in [1.29, 1.82) is 0 Å². The first kappa shape index (κ1) is 14.4. The number of thiophene rings is 1. The molecule has 0 saturated carbocycles. The molecule has 1 unspecified atom stereocenters. The molecule has 0 fully saturated rings. The fraction of sp³-hybridized carbons (Fsp3) is 0.231. The first-order chi connectivity index (χ1) is 8.63. The van der Waals surface area contributed by atoms with Gasteiger partial charge in [-0.1, -0.05) is 46.1 Å². The van der Waals surface area contributed by atoms with Crippen LogP contribution in [0.15, 0.2) is 34.1 Å². The number of rotatable bonds is 4. The highest BCUT2D eigenvalue weighted by Gasteiger charge is 2.20. The lowest BCUT2D eigenvalue weighted by Crippen LogP contribution is -2.21. The van der Waals surface area contributed by atoms with Crippen LogP contribution in [-0.2, 0) is 0 Å². The highest BCUT2D eigenvalue weighted by Crippen LogP contribution is 2.36. The highest BCUT2D eigenvalue weighted by atomic mass is 79.9. The van der Waals surface area contributed by atoms with Gasteiger partial charge in [-0.15, -0.1) is 11.3 Å². The Morgan fingerprint density at radius 2 is 2.06 bits per heavy atom. The van der Waals surface area contributed by atoms with Crippen molar-refractivity contribution in [2.45, 2.75) is 13.0 Å². The van der Waals surface area contributed by atoms with E-state index in [0.29, 0.717) is 0 Å². The lowest BCUT2D eigenvalue weighted by Gasteiger charge is -2.19. The zero-order chi connectivity index (χ0) is 13.1.